The monoisotopic (exact) mass is 583 g/mol. The van der Waals surface area contributed by atoms with Crippen LogP contribution in [0.5, 0.6) is 17.2 Å². The number of Topliss-reactive ketones (excluding diaryl/α,β-unsaturated/α-hetero) is 1. The van der Waals surface area contributed by atoms with Crippen molar-refractivity contribution in [1.82, 2.24) is 4.90 Å². The van der Waals surface area contributed by atoms with Crippen LogP contribution in [0, 0.1) is 11.2 Å². The van der Waals surface area contributed by atoms with Crippen LogP contribution in [0.3, 0.4) is 0 Å². The summed E-state index contributed by atoms with van der Waals surface area (Å²) in [7, 11) is 0. The fraction of sp³-hybridized carbons (Fsp3) is 0.531. The highest BCUT2D eigenvalue weighted by molar-refractivity contribution is 6.06. The van der Waals surface area contributed by atoms with E-state index in [1.54, 1.807) is 43.9 Å². The number of carboxylic acids is 1. The molecule has 2 aromatic rings. The molecule has 10 heteroatoms. The van der Waals surface area contributed by atoms with Crippen LogP contribution in [0.25, 0.3) is 0 Å². The molecular weight excluding hydrogens is 541 g/mol. The number of carbonyl (C=O) groups is 2. The Morgan fingerprint density at radius 1 is 1.05 bits per heavy atom. The number of aliphatic carboxylic acids is 1. The maximum atomic E-state index is 15.6. The Hall–Kier alpha value is -3.82. The van der Waals surface area contributed by atoms with E-state index in [4.69, 9.17) is 19.6 Å². The van der Waals surface area contributed by atoms with Gasteiger partial charge in [-0.3, -0.25) is 10.2 Å². The molecule has 2 aromatic carbocycles. The van der Waals surface area contributed by atoms with Crippen LogP contribution in [-0.4, -0.2) is 66.5 Å². The summed E-state index contributed by atoms with van der Waals surface area (Å²) < 4.78 is 32.8. The summed E-state index contributed by atoms with van der Waals surface area (Å²) in [5, 5.41) is 18.5. The van der Waals surface area contributed by atoms with Crippen molar-refractivity contribution < 1.29 is 33.3 Å². The molecule has 9 nitrogen and oxygen atoms in total. The molecule has 2 N–H and O–H groups in total. The molecule has 1 unspecified atom stereocenters. The van der Waals surface area contributed by atoms with E-state index < -0.39 is 23.3 Å². The molecule has 1 saturated heterocycles. The molecule has 1 atom stereocenters. The number of nitrogens with one attached hydrogen (secondary N) is 1. The van der Waals surface area contributed by atoms with E-state index >= 15 is 4.39 Å². The molecule has 0 radical (unpaired) electrons. The van der Waals surface area contributed by atoms with Gasteiger partial charge in [-0.15, -0.1) is 0 Å². The smallest absolute Gasteiger partial charge is 0.344 e. The van der Waals surface area contributed by atoms with Crippen LogP contribution in [0.1, 0.15) is 87.9 Å². The summed E-state index contributed by atoms with van der Waals surface area (Å²) in [5.74, 6) is -1.26. The molecule has 2 aliphatic heterocycles. The summed E-state index contributed by atoms with van der Waals surface area (Å²) in [6.45, 7) is 13.5. The lowest BCUT2D eigenvalue weighted by Gasteiger charge is -2.31. The van der Waals surface area contributed by atoms with Crippen LogP contribution in [0.2, 0.25) is 0 Å². The summed E-state index contributed by atoms with van der Waals surface area (Å²) in [6.07, 6.45) is 1.25. The van der Waals surface area contributed by atoms with Crippen molar-refractivity contribution in [2.75, 3.05) is 37.7 Å². The lowest BCUT2D eigenvalue weighted by atomic mass is 9.84. The van der Waals surface area contributed by atoms with Gasteiger partial charge in [0.25, 0.3) is 0 Å². The number of nitrogens with zero attached hydrogens (tertiary/aromatic N) is 2. The number of rotatable bonds is 12. The summed E-state index contributed by atoms with van der Waals surface area (Å²) in [4.78, 5) is 29.4. The summed E-state index contributed by atoms with van der Waals surface area (Å²) >= 11 is 0. The minimum atomic E-state index is -1.04. The molecule has 228 valence electrons. The Morgan fingerprint density at radius 3 is 2.29 bits per heavy atom. The normalized spacial score (nSPS) is 15.5. The zero-order valence-corrected chi connectivity index (χ0v) is 25.4. The molecule has 0 spiro atoms. The Labute approximate surface area is 247 Å². The topological polar surface area (TPSA) is 112 Å². The second kappa shape index (κ2) is 12.6. The molecule has 0 saturated carbocycles. The molecule has 0 amide bonds. The van der Waals surface area contributed by atoms with Crippen molar-refractivity contribution in [3.63, 3.8) is 0 Å². The minimum absolute atomic E-state index is 0.0246. The molecule has 1 fully saturated rings. The predicted molar refractivity (Wildman–Crippen MR) is 159 cm³/mol. The Balaban J connectivity index is 1.71. The maximum absolute atomic E-state index is 15.6. The molecule has 0 aromatic heterocycles. The van der Waals surface area contributed by atoms with Gasteiger partial charge in [0.2, 0.25) is 0 Å². The number of carbonyl (C=O) groups excluding carboxylic acids is 1. The number of amidine groups is 1. The number of hydrogen-bond acceptors (Lipinski definition) is 7. The lowest BCUT2D eigenvalue weighted by molar-refractivity contribution is -0.145. The number of ketones is 1. The number of halogens is 1. The number of benzene rings is 2. The van der Waals surface area contributed by atoms with Crippen molar-refractivity contribution in [2.45, 2.75) is 78.9 Å². The average molecular weight is 584 g/mol. The quantitative estimate of drug-likeness (QED) is 0.302. The van der Waals surface area contributed by atoms with E-state index in [2.05, 4.69) is 4.90 Å². The molecule has 2 heterocycles. The highest BCUT2D eigenvalue weighted by Gasteiger charge is 2.35. The Morgan fingerprint density at radius 2 is 1.71 bits per heavy atom. The largest absolute Gasteiger partial charge is 0.490 e. The zero-order valence-electron chi connectivity index (χ0n) is 25.4. The third-order valence-electron chi connectivity index (χ3n) is 7.66. The SMILES string of the molecule is CCOc1cc2c(c(F)c1OCC)C(=N)N(CC(=O)c1cc(N3CCCC3)c(OC(CC)C(=O)O)c(C(C)(C)C)c1)C2. The van der Waals surface area contributed by atoms with Gasteiger partial charge < -0.3 is 29.1 Å². The standard InChI is InChI=1S/C32H42FN3O6/c1-7-24(31(38)39)42-28-21(32(4,5)6)14-19(15-22(28)35-12-10-11-13-35)23(37)18-36-17-20-16-25(40-8-2)29(41-9-3)27(33)26(20)30(36)34/h14-16,24,34H,7-13,17-18H2,1-6H3,(H,38,39). The van der Waals surface area contributed by atoms with Crippen molar-refractivity contribution in [3.05, 3.63) is 46.3 Å². The van der Waals surface area contributed by atoms with Gasteiger partial charge in [0.05, 0.1) is 31.0 Å². The number of ether oxygens (including phenoxy) is 3. The van der Waals surface area contributed by atoms with Gasteiger partial charge >= 0.3 is 5.97 Å². The number of carboxylic acid groups (broad SMARTS) is 1. The van der Waals surface area contributed by atoms with E-state index in [0.717, 1.165) is 31.5 Å². The van der Waals surface area contributed by atoms with E-state index in [1.165, 1.54) is 0 Å². The van der Waals surface area contributed by atoms with E-state index in [-0.39, 0.29) is 48.4 Å². The fourth-order valence-corrected chi connectivity index (χ4v) is 5.52. The van der Waals surface area contributed by atoms with Crippen LogP contribution in [0.4, 0.5) is 10.1 Å². The van der Waals surface area contributed by atoms with Gasteiger partial charge in [0.15, 0.2) is 29.2 Å². The first kappa shape index (κ1) is 31.1. The third kappa shape index (κ3) is 6.17. The predicted octanol–water partition coefficient (Wildman–Crippen LogP) is 5.79. The Bertz CT molecular complexity index is 1360. The van der Waals surface area contributed by atoms with Gasteiger partial charge in [-0.2, -0.15) is 0 Å². The summed E-state index contributed by atoms with van der Waals surface area (Å²) in [6, 6.07) is 5.24. The summed E-state index contributed by atoms with van der Waals surface area (Å²) in [5.41, 5.74) is 2.10. The molecule has 0 bridgehead atoms. The van der Waals surface area contributed by atoms with Gasteiger partial charge in [-0.05, 0) is 62.3 Å². The van der Waals surface area contributed by atoms with E-state index in [1.807, 2.05) is 20.8 Å². The van der Waals surface area contributed by atoms with Crippen LogP contribution in [0.15, 0.2) is 18.2 Å². The van der Waals surface area contributed by atoms with Crippen molar-refractivity contribution in [2.24, 2.45) is 0 Å². The first-order chi connectivity index (χ1) is 19.9. The maximum Gasteiger partial charge on any atom is 0.344 e. The Kier molecular flexibility index (Phi) is 9.33. The van der Waals surface area contributed by atoms with Gasteiger partial charge in [-0.25, -0.2) is 9.18 Å². The van der Waals surface area contributed by atoms with Gasteiger partial charge in [0.1, 0.15) is 11.6 Å². The molecule has 2 aliphatic rings. The van der Waals surface area contributed by atoms with Crippen LogP contribution in [-0.2, 0) is 16.8 Å². The first-order valence-corrected chi connectivity index (χ1v) is 14.7. The van der Waals surface area contributed by atoms with Crippen molar-refractivity contribution in [1.29, 1.82) is 5.41 Å². The highest BCUT2D eigenvalue weighted by atomic mass is 19.1. The van der Waals surface area contributed by atoms with Crippen molar-refractivity contribution >= 4 is 23.3 Å². The number of anilines is 1. The van der Waals surface area contributed by atoms with E-state index in [9.17, 15) is 14.7 Å². The lowest BCUT2D eigenvalue weighted by Crippen LogP contribution is -2.32. The first-order valence-electron chi connectivity index (χ1n) is 14.7. The number of fused-ring (bicyclic) bond motifs is 1. The van der Waals surface area contributed by atoms with Crippen LogP contribution < -0.4 is 19.1 Å². The van der Waals surface area contributed by atoms with Gasteiger partial charge in [0, 0.05) is 30.8 Å². The molecular formula is C32H42FN3O6. The second-order valence-corrected chi connectivity index (χ2v) is 11.7. The third-order valence-corrected chi connectivity index (χ3v) is 7.66. The molecule has 4 rings (SSSR count). The second-order valence-electron chi connectivity index (χ2n) is 11.7. The number of hydrogen-bond donors (Lipinski definition) is 2. The minimum Gasteiger partial charge on any atom is -0.490 e. The van der Waals surface area contributed by atoms with Crippen LogP contribution >= 0.6 is 0 Å². The van der Waals surface area contributed by atoms with Crippen molar-refractivity contribution in [3.8, 4) is 17.2 Å². The molecule has 0 aliphatic carbocycles. The zero-order chi connectivity index (χ0) is 30.8. The molecule has 42 heavy (non-hydrogen) atoms. The highest BCUT2D eigenvalue weighted by Crippen LogP contribution is 2.43. The fourth-order valence-electron chi connectivity index (χ4n) is 5.52. The average Bonchev–Trinajstić information content (AvgIpc) is 3.57. The van der Waals surface area contributed by atoms with Gasteiger partial charge in [-0.1, -0.05) is 27.7 Å². The van der Waals surface area contributed by atoms with E-state index in [0.29, 0.717) is 35.6 Å².